The zero-order chi connectivity index (χ0) is 17.9. The Morgan fingerprint density at radius 3 is 2.38 bits per heavy atom. The second kappa shape index (κ2) is 7.57. The van der Waals surface area contributed by atoms with Crippen molar-refractivity contribution in [2.24, 2.45) is 13.0 Å². The molecule has 0 aliphatic carbocycles. The van der Waals surface area contributed by atoms with Gasteiger partial charge in [0.2, 0.25) is 5.91 Å². The van der Waals surface area contributed by atoms with E-state index in [1.54, 1.807) is 16.8 Å². The molecule has 24 heavy (non-hydrogen) atoms. The Kier molecular flexibility index (Phi) is 5.72. The minimum absolute atomic E-state index is 0.0209. The van der Waals surface area contributed by atoms with Crippen LogP contribution in [0.5, 0.6) is 0 Å². The van der Waals surface area contributed by atoms with E-state index in [1.807, 2.05) is 20.9 Å². The molecule has 0 saturated heterocycles. The van der Waals surface area contributed by atoms with Gasteiger partial charge in [-0.3, -0.25) is 9.48 Å². The summed E-state index contributed by atoms with van der Waals surface area (Å²) < 4.78 is 14.8. The molecular formula is C18H25FN4O. The molecule has 1 aromatic heterocycles. The monoisotopic (exact) mass is 332 g/mol. The zero-order valence-electron chi connectivity index (χ0n) is 14.9. The molecule has 0 bridgehead atoms. The minimum Gasteiger partial charge on any atom is -0.322 e. The third kappa shape index (κ3) is 4.20. The van der Waals surface area contributed by atoms with E-state index in [2.05, 4.69) is 29.6 Å². The van der Waals surface area contributed by atoms with Crippen LogP contribution >= 0.6 is 0 Å². The van der Waals surface area contributed by atoms with Crippen LogP contribution in [0.3, 0.4) is 0 Å². The molecule has 2 N–H and O–H groups in total. The zero-order valence-corrected chi connectivity index (χ0v) is 14.9. The average Bonchev–Trinajstić information content (AvgIpc) is 2.75. The average molecular weight is 332 g/mol. The van der Waals surface area contributed by atoms with Gasteiger partial charge in [0.15, 0.2) is 0 Å². The first kappa shape index (κ1) is 18.1. The summed E-state index contributed by atoms with van der Waals surface area (Å²) in [7, 11) is 1.85. The van der Waals surface area contributed by atoms with Crippen LogP contribution in [0, 0.1) is 25.6 Å². The lowest BCUT2D eigenvalue weighted by atomic mass is 9.96. The van der Waals surface area contributed by atoms with Crippen LogP contribution in [0.4, 0.5) is 10.1 Å². The number of amides is 1. The summed E-state index contributed by atoms with van der Waals surface area (Å²) in [6.07, 6.45) is 0. The second-order valence-electron chi connectivity index (χ2n) is 6.37. The summed E-state index contributed by atoms with van der Waals surface area (Å²) >= 11 is 0. The minimum atomic E-state index is -0.262. The largest absolute Gasteiger partial charge is 0.322 e. The Morgan fingerprint density at radius 2 is 1.88 bits per heavy atom. The van der Waals surface area contributed by atoms with Crippen LogP contribution in [-0.4, -0.2) is 22.2 Å². The Hall–Kier alpha value is -2.21. The van der Waals surface area contributed by atoms with E-state index < -0.39 is 0 Å². The SMILES string of the molecule is Cc1nn(C)c(C)c1NC(=O)CN[C@H](c1ccc(F)cc1)C(C)C. The van der Waals surface area contributed by atoms with Crippen molar-refractivity contribution in [3.05, 3.63) is 47.0 Å². The van der Waals surface area contributed by atoms with Crippen molar-refractivity contribution in [3.63, 3.8) is 0 Å². The van der Waals surface area contributed by atoms with Gasteiger partial charge in [0.25, 0.3) is 0 Å². The number of halogens is 1. The molecule has 0 unspecified atom stereocenters. The van der Waals surface area contributed by atoms with E-state index in [4.69, 9.17) is 0 Å². The van der Waals surface area contributed by atoms with Crippen molar-refractivity contribution in [1.82, 2.24) is 15.1 Å². The van der Waals surface area contributed by atoms with Gasteiger partial charge in [-0.2, -0.15) is 5.10 Å². The standard InChI is InChI=1S/C18H25FN4O/c1-11(2)17(14-6-8-15(19)9-7-14)20-10-16(24)21-18-12(3)22-23(5)13(18)4/h6-9,11,17,20H,10H2,1-5H3,(H,21,24)/t17-/m0/s1. The Morgan fingerprint density at radius 1 is 1.25 bits per heavy atom. The number of carbonyl (C=O) groups is 1. The van der Waals surface area contributed by atoms with Crippen molar-refractivity contribution in [1.29, 1.82) is 0 Å². The number of hydrogen-bond donors (Lipinski definition) is 2. The predicted octanol–water partition coefficient (Wildman–Crippen LogP) is 3.10. The lowest BCUT2D eigenvalue weighted by Gasteiger charge is -2.23. The number of hydrogen-bond acceptors (Lipinski definition) is 3. The highest BCUT2D eigenvalue weighted by molar-refractivity contribution is 5.93. The summed E-state index contributed by atoms with van der Waals surface area (Å²) in [6, 6.07) is 6.36. The molecule has 1 aromatic carbocycles. The molecule has 5 nitrogen and oxygen atoms in total. The molecule has 0 fully saturated rings. The van der Waals surface area contributed by atoms with E-state index in [1.165, 1.54) is 12.1 Å². The van der Waals surface area contributed by atoms with E-state index in [-0.39, 0.29) is 30.2 Å². The summed E-state index contributed by atoms with van der Waals surface area (Å²) in [5.41, 5.74) is 3.43. The second-order valence-corrected chi connectivity index (χ2v) is 6.37. The Balaban J connectivity index is 2.01. The summed E-state index contributed by atoms with van der Waals surface area (Å²) in [5.74, 6) is -0.117. The molecule has 0 spiro atoms. The van der Waals surface area contributed by atoms with Crippen LogP contribution in [0.15, 0.2) is 24.3 Å². The number of nitrogens with zero attached hydrogens (tertiary/aromatic N) is 2. The van der Waals surface area contributed by atoms with Gasteiger partial charge in [0, 0.05) is 13.1 Å². The molecule has 0 aliphatic rings. The third-order valence-corrected chi connectivity index (χ3v) is 4.15. The van der Waals surface area contributed by atoms with Gasteiger partial charge in [0.05, 0.1) is 23.6 Å². The maximum absolute atomic E-state index is 13.1. The van der Waals surface area contributed by atoms with Gasteiger partial charge < -0.3 is 10.6 Å². The molecular weight excluding hydrogens is 307 g/mol. The number of carbonyl (C=O) groups excluding carboxylic acids is 1. The van der Waals surface area contributed by atoms with E-state index in [0.29, 0.717) is 0 Å². The summed E-state index contributed by atoms with van der Waals surface area (Å²) in [5, 5.41) is 10.5. The highest BCUT2D eigenvalue weighted by atomic mass is 19.1. The maximum atomic E-state index is 13.1. The van der Waals surface area contributed by atoms with Gasteiger partial charge in [-0.05, 0) is 37.5 Å². The Bertz CT molecular complexity index is 707. The van der Waals surface area contributed by atoms with Crippen molar-refractivity contribution in [3.8, 4) is 0 Å². The van der Waals surface area contributed by atoms with E-state index >= 15 is 0 Å². The van der Waals surface area contributed by atoms with Crippen LogP contribution in [-0.2, 0) is 11.8 Å². The first-order valence-electron chi connectivity index (χ1n) is 8.08. The highest BCUT2D eigenvalue weighted by Gasteiger charge is 2.18. The lowest BCUT2D eigenvalue weighted by Crippen LogP contribution is -2.33. The summed E-state index contributed by atoms with van der Waals surface area (Å²) in [6.45, 7) is 8.08. The smallest absolute Gasteiger partial charge is 0.238 e. The van der Waals surface area contributed by atoms with Gasteiger partial charge in [0.1, 0.15) is 5.82 Å². The highest BCUT2D eigenvalue weighted by Crippen LogP contribution is 2.22. The summed E-state index contributed by atoms with van der Waals surface area (Å²) in [4.78, 5) is 12.3. The number of aryl methyl sites for hydroxylation is 2. The molecule has 1 atom stereocenters. The van der Waals surface area contributed by atoms with Gasteiger partial charge in [-0.25, -0.2) is 4.39 Å². The maximum Gasteiger partial charge on any atom is 0.238 e. The molecule has 0 aliphatic heterocycles. The number of benzene rings is 1. The quantitative estimate of drug-likeness (QED) is 0.854. The molecule has 1 heterocycles. The van der Waals surface area contributed by atoms with Gasteiger partial charge >= 0.3 is 0 Å². The molecule has 1 amide bonds. The Labute approximate surface area is 142 Å². The molecule has 0 radical (unpaired) electrons. The fraction of sp³-hybridized carbons (Fsp3) is 0.444. The van der Waals surface area contributed by atoms with Crippen molar-refractivity contribution >= 4 is 11.6 Å². The molecule has 2 aromatic rings. The van der Waals surface area contributed by atoms with Crippen molar-refractivity contribution in [2.45, 2.75) is 33.7 Å². The fourth-order valence-corrected chi connectivity index (χ4v) is 2.75. The van der Waals surface area contributed by atoms with Crippen LogP contribution in [0.25, 0.3) is 0 Å². The molecule has 0 saturated carbocycles. The fourth-order valence-electron chi connectivity index (χ4n) is 2.75. The van der Waals surface area contributed by atoms with Crippen molar-refractivity contribution in [2.75, 3.05) is 11.9 Å². The first-order chi connectivity index (χ1) is 11.3. The van der Waals surface area contributed by atoms with Crippen molar-refractivity contribution < 1.29 is 9.18 Å². The van der Waals surface area contributed by atoms with E-state index in [0.717, 1.165) is 22.6 Å². The van der Waals surface area contributed by atoms with E-state index in [9.17, 15) is 9.18 Å². The lowest BCUT2D eigenvalue weighted by molar-refractivity contribution is -0.115. The first-order valence-corrected chi connectivity index (χ1v) is 8.08. The van der Waals surface area contributed by atoms with Gasteiger partial charge in [-0.1, -0.05) is 26.0 Å². The van der Waals surface area contributed by atoms with Gasteiger partial charge in [-0.15, -0.1) is 0 Å². The molecule has 130 valence electrons. The van der Waals surface area contributed by atoms with Crippen LogP contribution in [0.1, 0.15) is 36.8 Å². The molecule has 6 heteroatoms. The normalized spacial score (nSPS) is 12.5. The topological polar surface area (TPSA) is 59.0 Å². The number of aromatic nitrogens is 2. The number of rotatable bonds is 6. The number of anilines is 1. The predicted molar refractivity (Wildman–Crippen MR) is 93.3 cm³/mol. The third-order valence-electron chi connectivity index (χ3n) is 4.15. The molecule has 2 rings (SSSR count). The number of nitrogens with one attached hydrogen (secondary N) is 2. The van der Waals surface area contributed by atoms with Crippen LogP contribution in [0.2, 0.25) is 0 Å². The van der Waals surface area contributed by atoms with Crippen LogP contribution < -0.4 is 10.6 Å².